The minimum Gasteiger partial charge on any atom is -0.481 e. The average molecular weight is 170 g/mol. The Balaban J connectivity index is 2.87. The third-order valence-electron chi connectivity index (χ3n) is 1.56. The predicted octanol–water partition coefficient (Wildman–Crippen LogP) is 0.0558. The van der Waals surface area contributed by atoms with E-state index in [4.69, 9.17) is 9.84 Å². The fourth-order valence-corrected chi connectivity index (χ4v) is 0.935. The van der Waals surface area contributed by atoms with Gasteiger partial charge in [-0.3, -0.25) is 4.79 Å². The zero-order valence-corrected chi connectivity index (χ0v) is 6.94. The molecule has 1 rings (SSSR count). The van der Waals surface area contributed by atoms with Crippen molar-refractivity contribution in [2.45, 2.75) is 6.42 Å². The molecule has 0 aliphatic carbocycles. The molecule has 1 aromatic rings. The summed E-state index contributed by atoms with van der Waals surface area (Å²) in [5.41, 5.74) is 0.624. The Hall–Kier alpha value is -1.52. The van der Waals surface area contributed by atoms with Gasteiger partial charge in [0.25, 0.3) is 6.01 Å². The minimum absolute atomic E-state index is 0.0349. The van der Waals surface area contributed by atoms with E-state index in [0.29, 0.717) is 11.7 Å². The van der Waals surface area contributed by atoms with Crippen LogP contribution in [0, 0.1) is 0 Å². The minimum atomic E-state index is -0.874. The van der Waals surface area contributed by atoms with E-state index in [2.05, 4.69) is 4.98 Å². The topological polar surface area (TPSA) is 64.3 Å². The Morgan fingerprint density at radius 1 is 1.83 bits per heavy atom. The first-order valence-corrected chi connectivity index (χ1v) is 3.41. The van der Waals surface area contributed by atoms with Gasteiger partial charge in [0.1, 0.15) is 0 Å². The summed E-state index contributed by atoms with van der Waals surface area (Å²) < 4.78 is 6.47. The zero-order valence-electron chi connectivity index (χ0n) is 6.94. The molecule has 0 spiro atoms. The molecule has 0 fully saturated rings. The van der Waals surface area contributed by atoms with Gasteiger partial charge in [0.15, 0.2) is 0 Å². The number of imidazole rings is 1. The van der Waals surface area contributed by atoms with Gasteiger partial charge in [-0.25, -0.2) is 4.98 Å². The number of carboxylic acid groups (broad SMARTS) is 1. The van der Waals surface area contributed by atoms with E-state index in [9.17, 15) is 4.79 Å². The molecule has 66 valence electrons. The summed E-state index contributed by atoms with van der Waals surface area (Å²) in [6.07, 6.45) is 1.46. The zero-order chi connectivity index (χ0) is 9.14. The van der Waals surface area contributed by atoms with Gasteiger partial charge in [-0.05, 0) is 0 Å². The average Bonchev–Trinajstić information content (AvgIpc) is 2.32. The van der Waals surface area contributed by atoms with Crippen molar-refractivity contribution in [3.8, 4) is 6.01 Å². The molecule has 12 heavy (non-hydrogen) atoms. The van der Waals surface area contributed by atoms with Crippen molar-refractivity contribution >= 4 is 5.97 Å². The summed E-state index contributed by atoms with van der Waals surface area (Å²) in [6.45, 7) is 0. The molecule has 0 saturated carbocycles. The molecule has 0 atom stereocenters. The molecule has 0 saturated heterocycles. The van der Waals surface area contributed by atoms with E-state index in [1.165, 1.54) is 13.3 Å². The van der Waals surface area contributed by atoms with E-state index < -0.39 is 5.97 Å². The van der Waals surface area contributed by atoms with Gasteiger partial charge in [-0.15, -0.1) is 0 Å². The molecule has 1 heterocycles. The summed E-state index contributed by atoms with van der Waals surface area (Å²) in [7, 11) is 3.21. The molecule has 0 unspecified atom stereocenters. The molecule has 0 amide bonds. The number of hydrogen-bond donors (Lipinski definition) is 1. The fraction of sp³-hybridized carbons (Fsp3) is 0.429. The van der Waals surface area contributed by atoms with Gasteiger partial charge in [0.05, 0.1) is 25.4 Å². The Kier molecular flexibility index (Phi) is 2.32. The van der Waals surface area contributed by atoms with Crippen LogP contribution >= 0.6 is 0 Å². The highest BCUT2D eigenvalue weighted by Gasteiger charge is 2.08. The van der Waals surface area contributed by atoms with Crippen LogP contribution in [-0.4, -0.2) is 27.7 Å². The number of methoxy groups -OCH3 is 1. The Morgan fingerprint density at radius 2 is 2.50 bits per heavy atom. The van der Waals surface area contributed by atoms with E-state index >= 15 is 0 Å². The van der Waals surface area contributed by atoms with Crippen molar-refractivity contribution in [2.75, 3.05) is 7.11 Å². The van der Waals surface area contributed by atoms with Crippen LogP contribution in [0.2, 0.25) is 0 Å². The smallest absolute Gasteiger partial charge is 0.309 e. The van der Waals surface area contributed by atoms with E-state index in [-0.39, 0.29) is 6.42 Å². The van der Waals surface area contributed by atoms with Gasteiger partial charge in [0.2, 0.25) is 0 Å². The maximum absolute atomic E-state index is 10.3. The van der Waals surface area contributed by atoms with Gasteiger partial charge >= 0.3 is 5.97 Å². The second-order valence-corrected chi connectivity index (χ2v) is 2.37. The third kappa shape index (κ3) is 1.55. The molecule has 1 N–H and O–H groups in total. The summed E-state index contributed by atoms with van der Waals surface area (Å²) in [6, 6.07) is 0.422. The van der Waals surface area contributed by atoms with E-state index in [1.54, 1.807) is 11.6 Å². The number of nitrogens with zero attached hydrogens (tertiary/aromatic N) is 2. The molecule has 5 heteroatoms. The van der Waals surface area contributed by atoms with Crippen LogP contribution in [0.5, 0.6) is 6.01 Å². The molecule has 0 aromatic carbocycles. The molecule has 0 aliphatic rings. The van der Waals surface area contributed by atoms with Crippen molar-refractivity contribution < 1.29 is 14.6 Å². The number of hydrogen-bond acceptors (Lipinski definition) is 3. The standard InChI is InChI=1S/C7H10N2O3/c1-9-5(3-6(10)11)4-8-7(9)12-2/h4H,3H2,1-2H3,(H,10,11). The molecule has 0 radical (unpaired) electrons. The summed E-state index contributed by atoms with van der Waals surface area (Å²) >= 11 is 0. The lowest BCUT2D eigenvalue weighted by Gasteiger charge is -2.01. The molecule has 0 aliphatic heterocycles. The van der Waals surface area contributed by atoms with Crippen LogP contribution in [0.25, 0.3) is 0 Å². The Bertz CT molecular complexity index is 293. The maximum atomic E-state index is 10.3. The van der Waals surface area contributed by atoms with Gasteiger partial charge in [-0.2, -0.15) is 0 Å². The van der Waals surface area contributed by atoms with E-state index in [0.717, 1.165) is 0 Å². The number of ether oxygens (including phenoxy) is 1. The lowest BCUT2D eigenvalue weighted by atomic mass is 10.3. The number of aliphatic carboxylic acids is 1. The first kappa shape index (κ1) is 8.58. The summed E-state index contributed by atoms with van der Waals surface area (Å²) in [4.78, 5) is 14.2. The van der Waals surface area contributed by atoms with Crippen LogP contribution in [0.1, 0.15) is 5.69 Å². The van der Waals surface area contributed by atoms with E-state index in [1.807, 2.05) is 0 Å². The highest BCUT2D eigenvalue weighted by Crippen LogP contribution is 2.09. The van der Waals surface area contributed by atoms with Crippen molar-refractivity contribution in [1.29, 1.82) is 0 Å². The molecule has 1 aromatic heterocycles. The lowest BCUT2D eigenvalue weighted by molar-refractivity contribution is -0.136. The number of carbonyl (C=O) groups is 1. The highest BCUT2D eigenvalue weighted by molar-refractivity contribution is 5.69. The van der Waals surface area contributed by atoms with Crippen molar-refractivity contribution in [1.82, 2.24) is 9.55 Å². The largest absolute Gasteiger partial charge is 0.481 e. The second-order valence-electron chi connectivity index (χ2n) is 2.37. The second kappa shape index (κ2) is 3.25. The van der Waals surface area contributed by atoms with Crippen LogP contribution in [0.3, 0.4) is 0 Å². The fourth-order valence-electron chi connectivity index (χ4n) is 0.935. The predicted molar refractivity (Wildman–Crippen MR) is 41.1 cm³/mol. The van der Waals surface area contributed by atoms with Crippen LogP contribution in [-0.2, 0) is 18.3 Å². The molecular weight excluding hydrogens is 160 g/mol. The third-order valence-corrected chi connectivity index (χ3v) is 1.56. The van der Waals surface area contributed by atoms with Gasteiger partial charge in [0, 0.05) is 7.05 Å². The van der Waals surface area contributed by atoms with Crippen molar-refractivity contribution in [3.05, 3.63) is 11.9 Å². The summed E-state index contributed by atoms with van der Waals surface area (Å²) in [5.74, 6) is -0.874. The quantitative estimate of drug-likeness (QED) is 0.696. The first-order valence-electron chi connectivity index (χ1n) is 3.41. The lowest BCUT2D eigenvalue weighted by Crippen LogP contribution is -2.05. The van der Waals surface area contributed by atoms with Gasteiger partial charge in [-0.1, -0.05) is 0 Å². The monoisotopic (exact) mass is 170 g/mol. The summed E-state index contributed by atoms with van der Waals surface area (Å²) in [5, 5.41) is 8.49. The van der Waals surface area contributed by atoms with Crippen LogP contribution < -0.4 is 4.74 Å². The maximum Gasteiger partial charge on any atom is 0.309 e. The van der Waals surface area contributed by atoms with Gasteiger partial charge < -0.3 is 14.4 Å². The molecule has 5 nitrogen and oxygen atoms in total. The Labute approximate surface area is 69.6 Å². The van der Waals surface area contributed by atoms with Crippen molar-refractivity contribution in [3.63, 3.8) is 0 Å². The number of rotatable bonds is 3. The first-order chi connectivity index (χ1) is 5.65. The van der Waals surface area contributed by atoms with Crippen LogP contribution in [0.4, 0.5) is 0 Å². The Morgan fingerprint density at radius 3 is 2.92 bits per heavy atom. The molecular formula is C7H10N2O3. The normalized spacial score (nSPS) is 9.83. The number of carboxylic acids is 1. The van der Waals surface area contributed by atoms with Crippen LogP contribution in [0.15, 0.2) is 6.20 Å². The number of aromatic nitrogens is 2. The van der Waals surface area contributed by atoms with Crippen molar-refractivity contribution in [2.24, 2.45) is 7.05 Å². The molecule has 0 bridgehead atoms. The highest BCUT2D eigenvalue weighted by atomic mass is 16.5. The SMILES string of the molecule is COc1ncc(CC(=O)O)n1C.